The Bertz CT molecular complexity index is 675. The number of hydrogen-bond acceptors (Lipinski definition) is 5. The van der Waals surface area contributed by atoms with Crippen LogP contribution in [0.3, 0.4) is 0 Å². The minimum atomic E-state index is -3.57. The topological polar surface area (TPSA) is 67.9 Å². The molecule has 2 aliphatic rings. The van der Waals surface area contributed by atoms with Gasteiger partial charge in [0.15, 0.2) is 11.5 Å². The van der Waals surface area contributed by atoms with Gasteiger partial charge < -0.3 is 14.4 Å². The SMILES string of the molecule is CN(C)CC1CCCCC1NS(=O)(=O)c1ccc2c(c1)OCCO2. The van der Waals surface area contributed by atoms with Gasteiger partial charge in [-0.05, 0) is 45.0 Å². The molecule has 1 fully saturated rings. The van der Waals surface area contributed by atoms with Gasteiger partial charge in [-0.15, -0.1) is 0 Å². The summed E-state index contributed by atoms with van der Waals surface area (Å²) in [5.74, 6) is 1.45. The summed E-state index contributed by atoms with van der Waals surface area (Å²) in [5, 5.41) is 0. The fraction of sp³-hybridized carbons (Fsp3) is 0.647. The maximum Gasteiger partial charge on any atom is 0.240 e. The molecule has 1 heterocycles. The van der Waals surface area contributed by atoms with Gasteiger partial charge in [-0.25, -0.2) is 13.1 Å². The van der Waals surface area contributed by atoms with Crippen LogP contribution in [0.25, 0.3) is 0 Å². The molecule has 0 amide bonds. The predicted octanol–water partition coefficient (Wildman–Crippen LogP) is 1.86. The van der Waals surface area contributed by atoms with Crippen LogP contribution < -0.4 is 14.2 Å². The van der Waals surface area contributed by atoms with E-state index in [1.165, 1.54) is 6.42 Å². The third-order valence-corrected chi connectivity index (χ3v) is 6.13. The van der Waals surface area contributed by atoms with Gasteiger partial charge in [-0.2, -0.15) is 0 Å². The molecule has 1 N–H and O–H groups in total. The molecule has 3 rings (SSSR count). The molecule has 1 aromatic rings. The van der Waals surface area contributed by atoms with Gasteiger partial charge in [0, 0.05) is 18.7 Å². The summed E-state index contributed by atoms with van der Waals surface area (Å²) in [6.45, 7) is 1.83. The van der Waals surface area contributed by atoms with Crippen molar-refractivity contribution in [1.29, 1.82) is 0 Å². The number of ether oxygens (including phenoxy) is 2. The maximum atomic E-state index is 12.8. The largest absolute Gasteiger partial charge is 0.486 e. The Kier molecular flexibility index (Phi) is 5.32. The normalized spacial score (nSPS) is 24.1. The summed E-state index contributed by atoms with van der Waals surface area (Å²) >= 11 is 0. The molecule has 2 unspecified atom stereocenters. The number of nitrogens with zero attached hydrogens (tertiary/aromatic N) is 1. The maximum absolute atomic E-state index is 12.8. The molecule has 1 aliphatic heterocycles. The summed E-state index contributed by atoms with van der Waals surface area (Å²) in [6.07, 6.45) is 4.19. The van der Waals surface area contributed by atoms with Crippen LogP contribution >= 0.6 is 0 Å². The highest BCUT2D eigenvalue weighted by Gasteiger charge is 2.30. The molecule has 7 heteroatoms. The highest BCUT2D eigenvalue weighted by molar-refractivity contribution is 7.89. The van der Waals surface area contributed by atoms with Crippen LogP contribution in [0, 0.1) is 5.92 Å². The summed E-state index contributed by atoms with van der Waals surface area (Å²) < 4.78 is 39.5. The lowest BCUT2D eigenvalue weighted by atomic mass is 9.85. The first-order chi connectivity index (χ1) is 11.5. The van der Waals surface area contributed by atoms with E-state index in [0.29, 0.717) is 30.6 Å². The Morgan fingerprint density at radius 3 is 2.58 bits per heavy atom. The zero-order valence-electron chi connectivity index (χ0n) is 14.3. The average Bonchev–Trinajstić information content (AvgIpc) is 2.55. The summed E-state index contributed by atoms with van der Waals surface area (Å²) in [5.41, 5.74) is 0. The van der Waals surface area contributed by atoms with Crippen molar-refractivity contribution < 1.29 is 17.9 Å². The third-order valence-electron chi connectivity index (χ3n) is 4.64. The monoisotopic (exact) mass is 354 g/mol. The van der Waals surface area contributed by atoms with Gasteiger partial charge in [0.2, 0.25) is 10.0 Å². The van der Waals surface area contributed by atoms with Crippen molar-refractivity contribution in [3.8, 4) is 11.5 Å². The van der Waals surface area contributed by atoms with Gasteiger partial charge in [0.25, 0.3) is 0 Å². The zero-order chi connectivity index (χ0) is 17.2. The smallest absolute Gasteiger partial charge is 0.240 e. The van der Waals surface area contributed by atoms with Crippen molar-refractivity contribution in [3.05, 3.63) is 18.2 Å². The molecule has 1 aromatic carbocycles. The second-order valence-electron chi connectivity index (χ2n) is 6.84. The Morgan fingerprint density at radius 1 is 1.12 bits per heavy atom. The van der Waals surface area contributed by atoms with Crippen LogP contribution in [0.2, 0.25) is 0 Å². The molecule has 134 valence electrons. The molecular weight excluding hydrogens is 328 g/mol. The van der Waals surface area contributed by atoms with E-state index in [2.05, 4.69) is 9.62 Å². The van der Waals surface area contributed by atoms with E-state index >= 15 is 0 Å². The van der Waals surface area contributed by atoms with Gasteiger partial charge in [-0.3, -0.25) is 0 Å². The highest BCUT2D eigenvalue weighted by Crippen LogP contribution is 2.33. The van der Waals surface area contributed by atoms with Gasteiger partial charge >= 0.3 is 0 Å². The van der Waals surface area contributed by atoms with Crippen molar-refractivity contribution in [3.63, 3.8) is 0 Å². The van der Waals surface area contributed by atoms with E-state index in [9.17, 15) is 8.42 Å². The van der Waals surface area contributed by atoms with Crippen LogP contribution in [0.5, 0.6) is 11.5 Å². The minimum Gasteiger partial charge on any atom is -0.486 e. The molecule has 1 aliphatic carbocycles. The molecule has 0 spiro atoms. The quantitative estimate of drug-likeness (QED) is 0.874. The lowest BCUT2D eigenvalue weighted by Gasteiger charge is -2.33. The number of nitrogens with one attached hydrogen (secondary N) is 1. The fourth-order valence-electron chi connectivity index (χ4n) is 3.51. The third kappa shape index (κ3) is 4.02. The molecule has 2 atom stereocenters. The molecule has 0 aromatic heterocycles. The van der Waals surface area contributed by atoms with E-state index < -0.39 is 10.0 Å². The van der Waals surface area contributed by atoms with E-state index in [1.54, 1.807) is 18.2 Å². The second kappa shape index (κ2) is 7.29. The van der Waals surface area contributed by atoms with E-state index in [0.717, 1.165) is 25.8 Å². The van der Waals surface area contributed by atoms with E-state index in [1.807, 2.05) is 14.1 Å². The van der Waals surface area contributed by atoms with Crippen LogP contribution in [0.1, 0.15) is 25.7 Å². The molecule has 0 radical (unpaired) electrons. The molecular formula is C17H26N2O4S. The summed E-state index contributed by atoms with van der Waals surface area (Å²) in [4.78, 5) is 2.36. The predicted molar refractivity (Wildman–Crippen MR) is 92.1 cm³/mol. The second-order valence-corrected chi connectivity index (χ2v) is 8.55. The van der Waals surface area contributed by atoms with Crippen molar-refractivity contribution in [2.75, 3.05) is 33.9 Å². The Hall–Kier alpha value is -1.31. The Labute approximate surface area is 144 Å². The average molecular weight is 354 g/mol. The number of benzene rings is 1. The summed E-state index contributed by atoms with van der Waals surface area (Å²) in [6, 6.07) is 4.79. The van der Waals surface area contributed by atoms with Gasteiger partial charge in [0.1, 0.15) is 13.2 Å². The fourth-order valence-corrected chi connectivity index (χ4v) is 4.86. The van der Waals surface area contributed by atoms with Crippen molar-refractivity contribution in [2.45, 2.75) is 36.6 Å². The van der Waals surface area contributed by atoms with Gasteiger partial charge in [0.05, 0.1) is 4.90 Å². The van der Waals surface area contributed by atoms with Crippen LogP contribution in [-0.4, -0.2) is 53.2 Å². The van der Waals surface area contributed by atoms with Crippen molar-refractivity contribution in [2.24, 2.45) is 5.92 Å². The zero-order valence-corrected chi connectivity index (χ0v) is 15.1. The lowest BCUT2D eigenvalue weighted by Crippen LogP contribution is -2.45. The van der Waals surface area contributed by atoms with Crippen LogP contribution in [0.4, 0.5) is 0 Å². The minimum absolute atomic E-state index is 0.0145. The highest BCUT2D eigenvalue weighted by atomic mass is 32.2. The molecule has 0 saturated heterocycles. The lowest BCUT2D eigenvalue weighted by molar-refractivity contribution is 0.171. The molecule has 6 nitrogen and oxygen atoms in total. The van der Waals surface area contributed by atoms with Crippen LogP contribution in [-0.2, 0) is 10.0 Å². The van der Waals surface area contributed by atoms with Crippen molar-refractivity contribution >= 4 is 10.0 Å². The molecule has 1 saturated carbocycles. The van der Waals surface area contributed by atoms with E-state index in [4.69, 9.17) is 9.47 Å². The first kappa shape index (κ1) is 17.5. The number of fused-ring (bicyclic) bond motifs is 1. The number of sulfonamides is 1. The Morgan fingerprint density at radius 2 is 1.83 bits per heavy atom. The first-order valence-electron chi connectivity index (χ1n) is 8.52. The number of hydrogen-bond donors (Lipinski definition) is 1. The van der Waals surface area contributed by atoms with E-state index in [-0.39, 0.29) is 10.9 Å². The summed E-state index contributed by atoms with van der Waals surface area (Å²) in [7, 11) is 0.491. The molecule has 0 bridgehead atoms. The standard InChI is InChI=1S/C17H26N2O4S/c1-19(2)12-13-5-3-4-6-15(13)18-24(20,21)14-7-8-16-17(11-14)23-10-9-22-16/h7-8,11,13,15,18H,3-6,9-10,12H2,1-2H3. The number of rotatable bonds is 5. The Balaban J connectivity index is 1.77. The molecule has 24 heavy (non-hydrogen) atoms. The van der Waals surface area contributed by atoms with Gasteiger partial charge in [-0.1, -0.05) is 12.8 Å². The van der Waals surface area contributed by atoms with Crippen LogP contribution in [0.15, 0.2) is 23.1 Å². The first-order valence-corrected chi connectivity index (χ1v) is 10.0. The van der Waals surface area contributed by atoms with Crippen molar-refractivity contribution in [1.82, 2.24) is 9.62 Å².